The van der Waals surface area contributed by atoms with E-state index in [9.17, 15) is 4.79 Å². The van der Waals surface area contributed by atoms with E-state index in [2.05, 4.69) is 59.6 Å². The number of piperidine rings is 1. The van der Waals surface area contributed by atoms with Crippen LogP contribution in [-0.4, -0.2) is 29.9 Å². The van der Waals surface area contributed by atoms with Crippen LogP contribution in [0.25, 0.3) is 10.8 Å². The molecule has 0 radical (unpaired) electrons. The Morgan fingerprint density at radius 2 is 1.85 bits per heavy atom. The van der Waals surface area contributed by atoms with Crippen LogP contribution in [0.5, 0.6) is 0 Å². The van der Waals surface area contributed by atoms with Gasteiger partial charge in [-0.05, 0) is 79.9 Å². The molecule has 2 saturated carbocycles. The predicted octanol–water partition coefficient (Wildman–Crippen LogP) is 4.28. The summed E-state index contributed by atoms with van der Waals surface area (Å²) < 4.78 is 0. The van der Waals surface area contributed by atoms with E-state index in [1.165, 1.54) is 42.0 Å². The van der Waals surface area contributed by atoms with Crippen molar-refractivity contribution >= 4 is 16.7 Å². The maximum Gasteiger partial charge on any atom is 0.227 e. The van der Waals surface area contributed by atoms with Crippen LogP contribution in [0.1, 0.15) is 50.6 Å². The SMILES string of the molecule is CC(c1ccc2ccccc2c1)N(C(=O)C1CC12CCNCC2)C1CC1. The highest BCUT2D eigenvalue weighted by molar-refractivity contribution is 5.85. The zero-order valence-corrected chi connectivity index (χ0v) is 15.6. The number of hydrogen-bond acceptors (Lipinski definition) is 2. The molecule has 1 spiro atoms. The van der Waals surface area contributed by atoms with E-state index in [-0.39, 0.29) is 12.0 Å². The number of carbonyl (C=O) groups excluding carboxylic acids is 1. The van der Waals surface area contributed by atoms with Gasteiger partial charge in [-0.2, -0.15) is 0 Å². The molecule has 1 saturated heterocycles. The summed E-state index contributed by atoms with van der Waals surface area (Å²) >= 11 is 0. The molecule has 0 bridgehead atoms. The standard InChI is InChI=1S/C23H28N2O/c1-16(18-7-6-17-4-2-3-5-19(17)14-18)25(20-8-9-20)22(26)21-15-23(21)10-12-24-13-11-23/h2-7,14,16,20-21,24H,8-13,15H2,1H3. The van der Waals surface area contributed by atoms with E-state index in [1.807, 2.05) is 0 Å². The molecule has 2 aromatic rings. The van der Waals surface area contributed by atoms with E-state index < -0.39 is 0 Å². The van der Waals surface area contributed by atoms with E-state index in [4.69, 9.17) is 0 Å². The molecule has 3 nitrogen and oxygen atoms in total. The van der Waals surface area contributed by atoms with Crippen molar-refractivity contribution in [1.29, 1.82) is 0 Å². The number of nitrogens with one attached hydrogen (secondary N) is 1. The third-order valence-corrected chi connectivity index (χ3v) is 6.96. The minimum absolute atomic E-state index is 0.166. The van der Waals surface area contributed by atoms with Gasteiger partial charge >= 0.3 is 0 Å². The van der Waals surface area contributed by atoms with Crippen molar-refractivity contribution in [3.05, 3.63) is 48.0 Å². The van der Waals surface area contributed by atoms with Crippen LogP contribution in [0, 0.1) is 11.3 Å². The average molecular weight is 348 g/mol. The summed E-state index contributed by atoms with van der Waals surface area (Å²) in [7, 11) is 0. The van der Waals surface area contributed by atoms with Gasteiger partial charge in [0.1, 0.15) is 0 Å². The Balaban J connectivity index is 1.40. The summed E-state index contributed by atoms with van der Waals surface area (Å²) in [6.45, 7) is 4.37. The van der Waals surface area contributed by atoms with Gasteiger partial charge in [0.05, 0.1) is 6.04 Å². The fraction of sp³-hybridized carbons (Fsp3) is 0.522. The van der Waals surface area contributed by atoms with Crippen LogP contribution in [-0.2, 0) is 4.79 Å². The Hall–Kier alpha value is -1.87. The molecule has 2 unspecified atom stereocenters. The third-order valence-electron chi connectivity index (χ3n) is 6.96. The zero-order chi connectivity index (χ0) is 17.7. The van der Waals surface area contributed by atoms with E-state index in [1.54, 1.807) is 0 Å². The van der Waals surface area contributed by atoms with Gasteiger partial charge in [0.2, 0.25) is 5.91 Å². The van der Waals surface area contributed by atoms with Gasteiger partial charge in [0.25, 0.3) is 0 Å². The predicted molar refractivity (Wildman–Crippen MR) is 105 cm³/mol. The Labute approximate surface area is 155 Å². The van der Waals surface area contributed by atoms with Crippen molar-refractivity contribution in [1.82, 2.24) is 10.2 Å². The third kappa shape index (κ3) is 2.73. The Kier molecular flexibility index (Phi) is 3.82. The van der Waals surface area contributed by atoms with Gasteiger partial charge in [-0.1, -0.05) is 36.4 Å². The van der Waals surface area contributed by atoms with Crippen LogP contribution < -0.4 is 5.32 Å². The maximum atomic E-state index is 13.4. The van der Waals surface area contributed by atoms with Crippen LogP contribution in [0.15, 0.2) is 42.5 Å². The average Bonchev–Trinajstić information content (AvgIpc) is 3.60. The Morgan fingerprint density at radius 3 is 2.58 bits per heavy atom. The van der Waals surface area contributed by atoms with E-state index in [0.717, 1.165) is 19.5 Å². The van der Waals surface area contributed by atoms with Crippen LogP contribution in [0.3, 0.4) is 0 Å². The first kappa shape index (κ1) is 16.3. The summed E-state index contributed by atoms with van der Waals surface area (Å²) in [5.74, 6) is 0.697. The second-order valence-electron chi connectivity index (χ2n) is 8.63. The molecule has 1 amide bonds. The number of hydrogen-bond donors (Lipinski definition) is 1. The number of amides is 1. The minimum atomic E-state index is 0.166. The van der Waals surface area contributed by atoms with Gasteiger partial charge in [0.15, 0.2) is 0 Å². The fourth-order valence-electron chi connectivity index (χ4n) is 5.02. The van der Waals surface area contributed by atoms with Crippen molar-refractivity contribution < 1.29 is 4.79 Å². The van der Waals surface area contributed by atoms with Gasteiger partial charge in [-0.3, -0.25) is 4.79 Å². The molecule has 1 N–H and O–H groups in total. The maximum absolute atomic E-state index is 13.4. The van der Waals surface area contributed by atoms with Crippen molar-refractivity contribution in [2.45, 2.75) is 51.1 Å². The van der Waals surface area contributed by atoms with Gasteiger partial charge in [0, 0.05) is 12.0 Å². The minimum Gasteiger partial charge on any atom is -0.333 e. The molecular formula is C23H28N2O. The lowest BCUT2D eigenvalue weighted by atomic mass is 9.91. The highest BCUT2D eigenvalue weighted by Gasteiger charge is 2.59. The molecule has 1 heterocycles. The molecule has 3 heteroatoms. The molecule has 0 aromatic heterocycles. The molecule has 26 heavy (non-hydrogen) atoms. The summed E-state index contributed by atoms with van der Waals surface area (Å²) in [6.07, 6.45) is 5.80. The first-order chi connectivity index (χ1) is 12.7. The zero-order valence-electron chi connectivity index (χ0n) is 15.6. The van der Waals surface area contributed by atoms with Crippen LogP contribution in [0.2, 0.25) is 0 Å². The van der Waals surface area contributed by atoms with E-state index >= 15 is 0 Å². The number of fused-ring (bicyclic) bond motifs is 1. The summed E-state index contributed by atoms with van der Waals surface area (Å²) in [4.78, 5) is 15.7. The normalized spacial score (nSPS) is 25.2. The molecule has 136 valence electrons. The molecule has 5 rings (SSSR count). The van der Waals surface area contributed by atoms with Gasteiger partial charge < -0.3 is 10.2 Å². The molecule has 1 aliphatic heterocycles. The summed E-state index contributed by atoms with van der Waals surface area (Å²) in [5, 5.41) is 5.98. The van der Waals surface area contributed by atoms with Crippen LogP contribution >= 0.6 is 0 Å². The number of nitrogens with zero attached hydrogens (tertiary/aromatic N) is 1. The lowest BCUT2D eigenvalue weighted by molar-refractivity contribution is -0.136. The topological polar surface area (TPSA) is 32.3 Å². The fourth-order valence-corrected chi connectivity index (χ4v) is 5.02. The first-order valence-electron chi connectivity index (χ1n) is 10.2. The molecular weight excluding hydrogens is 320 g/mol. The van der Waals surface area contributed by atoms with Gasteiger partial charge in [-0.15, -0.1) is 0 Å². The highest BCUT2D eigenvalue weighted by atomic mass is 16.2. The number of benzene rings is 2. The van der Waals surface area contributed by atoms with Crippen molar-refractivity contribution in [2.75, 3.05) is 13.1 Å². The summed E-state index contributed by atoms with van der Waals surface area (Å²) in [5.41, 5.74) is 1.59. The van der Waals surface area contributed by atoms with E-state index in [0.29, 0.717) is 17.4 Å². The molecule has 2 aliphatic carbocycles. The highest BCUT2D eigenvalue weighted by Crippen LogP contribution is 2.60. The molecule has 3 aliphatic rings. The van der Waals surface area contributed by atoms with Crippen molar-refractivity contribution in [2.24, 2.45) is 11.3 Å². The van der Waals surface area contributed by atoms with Crippen molar-refractivity contribution in [3.63, 3.8) is 0 Å². The summed E-state index contributed by atoms with van der Waals surface area (Å²) in [6, 6.07) is 15.8. The van der Waals surface area contributed by atoms with Crippen LogP contribution in [0.4, 0.5) is 0 Å². The Morgan fingerprint density at radius 1 is 1.12 bits per heavy atom. The molecule has 2 atom stereocenters. The second kappa shape index (κ2) is 6.09. The molecule has 3 fully saturated rings. The second-order valence-corrected chi connectivity index (χ2v) is 8.63. The lowest BCUT2D eigenvalue weighted by Gasteiger charge is -2.32. The number of carbonyl (C=O) groups is 1. The lowest BCUT2D eigenvalue weighted by Crippen LogP contribution is -2.39. The van der Waals surface area contributed by atoms with Gasteiger partial charge in [-0.25, -0.2) is 0 Å². The molecule has 2 aromatic carbocycles. The largest absolute Gasteiger partial charge is 0.333 e. The smallest absolute Gasteiger partial charge is 0.227 e. The monoisotopic (exact) mass is 348 g/mol. The number of rotatable bonds is 4. The van der Waals surface area contributed by atoms with Crippen molar-refractivity contribution in [3.8, 4) is 0 Å². The quantitative estimate of drug-likeness (QED) is 0.894. The first-order valence-corrected chi connectivity index (χ1v) is 10.2. The Bertz CT molecular complexity index is 835.